The number of guanidine groups is 1. The van der Waals surface area contributed by atoms with Gasteiger partial charge in [0, 0.05) is 23.1 Å². The number of hydrogen-bond acceptors (Lipinski definition) is 8. The van der Waals surface area contributed by atoms with Crippen LogP contribution in [-0.2, 0) is 4.79 Å². The van der Waals surface area contributed by atoms with Crippen LogP contribution in [0.25, 0.3) is 0 Å². The van der Waals surface area contributed by atoms with Gasteiger partial charge in [-0.05, 0) is 50.5 Å². The number of aliphatic hydroxyl groups is 2. The zero-order chi connectivity index (χ0) is 28.8. The molecule has 1 unspecified atom stereocenters. The fourth-order valence-electron chi connectivity index (χ4n) is 6.07. The summed E-state index contributed by atoms with van der Waals surface area (Å²) in [6.45, 7) is 7.87. The molecule has 1 saturated heterocycles. The third kappa shape index (κ3) is 4.68. The number of ether oxygens (including phenoxy) is 2. The molecule has 3 aliphatic heterocycles. The molecule has 3 aliphatic rings. The second-order valence-electron chi connectivity index (χ2n) is 11.4. The molecule has 0 aliphatic carbocycles. The van der Waals surface area contributed by atoms with Gasteiger partial charge in [0.05, 0.1) is 30.7 Å². The Bertz CT molecular complexity index is 1340. The normalized spacial score (nSPS) is 25.4. The van der Waals surface area contributed by atoms with Gasteiger partial charge >= 0.3 is 0 Å². The summed E-state index contributed by atoms with van der Waals surface area (Å²) < 4.78 is 11.9. The summed E-state index contributed by atoms with van der Waals surface area (Å²) in [7, 11) is 0. The van der Waals surface area contributed by atoms with Crippen LogP contribution < -0.4 is 20.1 Å². The van der Waals surface area contributed by atoms with Crippen molar-refractivity contribution in [1.29, 1.82) is 10.7 Å². The van der Waals surface area contributed by atoms with Crippen molar-refractivity contribution in [3.05, 3.63) is 58.7 Å². The molecule has 0 radical (unpaired) electrons. The summed E-state index contributed by atoms with van der Waals surface area (Å²) in [6, 6.07) is 11.6. The maximum absolute atomic E-state index is 13.4. The van der Waals surface area contributed by atoms with E-state index in [0.29, 0.717) is 47.5 Å². The summed E-state index contributed by atoms with van der Waals surface area (Å²) in [5.41, 5.74) is 0.531. The smallest absolute Gasteiger partial charge is 0.232 e. The number of aliphatic hydroxyl groups excluding tert-OH is 2. The Kier molecular flexibility index (Phi) is 7.25. The number of nitriles is 1. The minimum Gasteiger partial charge on any atom is -0.492 e. The Morgan fingerprint density at radius 2 is 1.98 bits per heavy atom. The zero-order valence-electron chi connectivity index (χ0n) is 23.3. The highest BCUT2D eigenvalue weighted by atomic mass is 16.5. The zero-order valence-corrected chi connectivity index (χ0v) is 23.3. The van der Waals surface area contributed by atoms with Crippen LogP contribution in [0.3, 0.4) is 0 Å². The van der Waals surface area contributed by atoms with E-state index in [2.05, 4.69) is 16.7 Å². The monoisotopic (exact) mass is 547 g/mol. The van der Waals surface area contributed by atoms with Gasteiger partial charge in [-0.3, -0.25) is 20.4 Å². The van der Waals surface area contributed by atoms with Crippen LogP contribution in [-0.4, -0.2) is 50.8 Å². The molecule has 40 heavy (non-hydrogen) atoms. The molecule has 3 heterocycles. The Hall–Kier alpha value is -3.65. The van der Waals surface area contributed by atoms with Crippen LogP contribution in [0, 0.1) is 16.7 Å². The van der Waals surface area contributed by atoms with E-state index in [9.17, 15) is 20.3 Å². The van der Waals surface area contributed by atoms with Crippen molar-refractivity contribution in [2.45, 2.75) is 88.9 Å². The third-order valence-electron chi connectivity index (χ3n) is 8.61. The summed E-state index contributed by atoms with van der Waals surface area (Å²) in [4.78, 5) is 14.9. The molecule has 212 valence electrons. The van der Waals surface area contributed by atoms with Crippen LogP contribution in [0.1, 0.15) is 93.9 Å². The van der Waals surface area contributed by atoms with Crippen molar-refractivity contribution in [3.8, 4) is 17.6 Å². The predicted octanol–water partition coefficient (Wildman–Crippen LogP) is 3.55. The summed E-state index contributed by atoms with van der Waals surface area (Å²) in [5.74, 6) is 0.848. The Balaban J connectivity index is 1.49. The number of nitrogens with zero attached hydrogens (tertiary/aromatic N) is 2. The van der Waals surface area contributed by atoms with E-state index in [1.807, 2.05) is 38.1 Å². The topological polar surface area (TPSA) is 151 Å². The predicted molar refractivity (Wildman–Crippen MR) is 148 cm³/mol. The van der Waals surface area contributed by atoms with Crippen LogP contribution in [0.4, 0.5) is 0 Å². The van der Waals surface area contributed by atoms with Crippen molar-refractivity contribution < 1.29 is 24.5 Å². The molecule has 0 aromatic heterocycles. The largest absolute Gasteiger partial charge is 0.492 e. The third-order valence-corrected chi connectivity index (χ3v) is 8.61. The number of carbonyl (C=O) groups is 1. The maximum Gasteiger partial charge on any atom is 0.232 e. The van der Waals surface area contributed by atoms with Crippen molar-refractivity contribution in [2.75, 3.05) is 6.61 Å². The highest BCUT2D eigenvalue weighted by Crippen LogP contribution is 2.43. The number of fused-ring (bicyclic) bond motifs is 2. The molecule has 4 atom stereocenters. The second-order valence-corrected chi connectivity index (χ2v) is 11.4. The first-order chi connectivity index (χ1) is 19.0. The number of hydrogen-bond donors (Lipinski definition) is 5. The first-order valence-corrected chi connectivity index (χ1v) is 13.8. The van der Waals surface area contributed by atoms with Gasteiger partial charge < -0.3 is 25.0 Å². The average Bonchev–Trinajstić information content (AvgIpc) is 2.94. The molecule has 1 fully saturated rings. The fraction of sp³-hybridized carbons (Fsp3) is 0.500. The van der Waals surface area contributed by atoms with Crippen LogP contribution in [0.5, 0.6) is 11.5 Å². The summed E-state index contributed by atoms with van der Waals surface area (Å²) >= 11 is 0. The molecular formula is C30H37N5O5. The van der Waals surface area contributed by atoms with Crippen molar-refractivity contribution in [3.63, 3.8) is 0 Å². The molecule has 1 amide bonds. The van der Waals surface area contributed by atoms with Gasteiger partial charge in [-0.15, -0.1) is 0 Å². The summed E-state index contributed by atoms with van der Waals surface area (Å²) in [5, 5.41) is 47.6. The quantitative estimate of drug-likeness (QED) is 0.345. The highest BCUT2D eigenvalue weighted by Gasteiger charge is 2.45. The first kappa shape index (κ1) is 27.9. The van der Waals surface area contributed by atoms with Crippen molar-refractivity contribution in [2.24, 2.45) is 0 Å². The van der Waals surface area contributed by atoms with Crippen LogP contribution in [0.2, 0.25) is 0 Å². The standard InChI is InChI=1S/C30H37N5O5/c1-5-30(6-2)15-23(36)35(28(32)34-30)21-11-12-39-25-18(16-31)13-17(14-20(21)25)27(38)33-24-19-9-7-8-10-22(19)40-29(3,4)26(24)37/h7-10,13-14,21,24,26-27,33,37-38H,5-6,11-12,15H2,1-4H3,(H2,32,34)/t21-,24-,26+,27?/m1/s1. The average molecular weight is 548 g/mol. The van der Waals surface area contributed by atoms with Crippen molar-refractivity contribution >= 4 is 11.9 Å². The van der Waals surface area contributed by atoms with Gasteiger partial charge in [-0.2, -0.15) is 5.26 Å². The molecule has 10 nitrogen and oxygen atoms in total. The molecular weight excluding hydrogens is 510 g/mol. The Labute approximate surface area is 234 Å². The molecule has 0 spiro atoms. The lowest BCUT2D eigenvalue weighted by Gasteiger charge is -2.46. The van der Waals surface area contributed by atoms with Crippen LogP contribution in [0.15, 0.2) is 36.4 Å². The van der Waals surface area contributed by atoms with E-state index in [0.717, 1.165) is 0 Å². The van der Waals surface area contributed by atoms with E-state index in [1.165, 1.54) is 4.90 Å². The van der Waals surface area contributed by atoms with Gasteiger partial charge in [-0.25, -0.2) is 0 Å². The number of para-hydroxylation sites is 1. The molecule has 2 aromatic carbocycles. The number of carbonyl (C=O) groups excluding carboxylic acids is 1. The highest BCUT2D eigenvalue weighted by molar-refractivity contribution is 5.99. The SMILES string of the molecule is CCC1(CC)CC(=O)N([C@@H]2CCOc3c(C#N)cc(C(O)N[C@@H]4c5ccccc5OC(C)(C)[C@H]4O)cc32)C(=N)N1. The lowest BCUT2D eigenvalue weighted by molar-refractivity contribution is -0.133. The second kappa shape index (κ2) is 10.4. The molecule has 10 heteroatoms. The van der Waals surface area contributed by atoms with E-state index in [1.54, 1.807) is 26.0 Å². The lowest BCUT2D eigenvalue weighted by Crippen LogP contribution is -2.62. The summed E-state index contributed by atoms with van der Waals surface area (Å²) in [6.07, 6.45) is -0.101. The molecule has 2 aromatic rings. The van der Waals surface area contributed by atoms with E-state index in [4.69, 9.17) is 14.9 Å². The number of benzene rings is 2. The van der Waals surface area contributed by atoms with Gasteiger partial charge in [0.1, 0.15) is 35.5 Å². The Morgan fingerprint density at radius 1 is 1.25 bits per heavy atom. The molecule has 0 bridgehead atoms. The minimum absolute atomic E-state index is 0.0320. The molecule has 0 saturated carbocycles. The molecule has 5 N–H and O–H groups in total. The van der Waals surface area contributed by atoms with Gasteiger partial charge in [0.25, 0.3) is 0 Å². The van der Waals surface area contributed by atoms with Gasteiger partial charge in [-0.1, -0.05) is 32.0 Å². The van der Waals surface area contributed by atoms with Gasteiger partial charge in [0.15, 0.2) is 5.96 Å². The molecule has 5 rings (SSSR count). The number of amides is 1. The fourth-order valence-corrected chi connectivity index (χ4v) is 6.07. The number of rotatable bonds is 6. The van der Waals surface area contributed by atoms with E-state index in [-0.39, 0.29) is 30.5 Å². The lowest BCUT2D eigenvalue weighted by atomic mass is 9.85. The van der Waals surface area contributed by atoms with E-state index < -0.39 is 35.6 Å². The van der Waals surface area contributed by atoms with Crippen LogP contribution >= 0.6 is 0 Å². The minimum atomic E-state index is -1.26. The number of nitrogens with one attached hydrogen (secondary N) is 3. The maximum atomic E-state index is 13.4. The van der Waals surface area contributed by atoms with Gasteiger partial charge in [0.2, 0.25) is 5.91 Å². The van der Waals surface area contributed by atoms with E-state index >= 15 is 0 Å². The first-order valence-electron chi connectivity index (χ1n) is 13.8. The van der Waals surface area contributed by atoms with Crippen molar-refractivity contribution in [1.82, 2.24) is 15.5 Å². The Morgan fingerprint density at radius 3 is 2.65 bits per heavy atom.